The molecule has 3 rings (SSSR count). The van der Waals surface area contributed by atoms with Gasteiger partial charge in [0.05, 0.1) is 13.2 Å². The topological polar surface area (TPSA) is 93.5 Å². The van der Waals surface area contributed by atoms with Crippen molar-refractivity contribution < 1.29 is 19.1 Å². The zero-order valence-corrected chi connectivity index (χ0v) is 19.7. The van der Waals surface area contributed by atoms with E-state index >= 15 is 0 Å². The Morgan fingerprint density at radius 3 is 2.44 bits per heavy atom. The zero-order chi connectivity index (χ0) is 23.6. The van der Waals surface area contributed by atoms with E-state index in [0.717, 1.165) is 17.5 Å². The summed E-state index contributed by atoms with van der Waals surface area (Å²) >= 11 is 0. The average molecular weight is 441 g/mol. The molecule has 1 atom stereocenters. The lowest BCUT2D eigenvalue weighted by atomic mass is 9.93. The van der Waals surface area contributed by atoms with Crippen LogP contribution in [0, 0.1) is 19.8 Å². The zero-order valence-electron chi connectivity index (χ0n) is 19.7. The maximum absolute atomic E-state index is 13.7. The number of fused-ring (bicyclic) bond motifs is 1. The predicted octanol–water partition coefficient (Wildman–Crippen LogP) is 3.26. The second kappa shape index (κ2) is 9.14. The van der Waals surface area contributed by atoms with Gasteiger partial charge in [-0.15, -0.1) is 0 Å². The van der Waals surface area contributed by atoms with Crippen molar-refractivity contribution in [2.75, 3.05) is 18.1 Å². The van der Waals surface area contributed by atoms with Gasteiger partial charge in [-0.2, -0.15) is 5.10 Å². The molecule has 172 valence electrons. The molecule has 0 saturated heterocycles. The minimum Gasteiger partial charge on any atom is -0.461 e. The number of esters is 1. The average Bonchev–Trinajstić information content (AvgIpc) is 3.11. The number of nitrogens with zero attached hydrogens (tertiary/aromatic N) is 3. The largest absolute Gasteiger partial charge is 0.461 e. The van der Waals surface area contributed by atoms with Crippen LogP contribution >= 0.6 is 0 Å². The van der Waals surface area contributed by atoms with Gasteiger partial charge in [-0.3, -0.25) is 19.2 Å². The van der Waals surface area contributed by atoms with Gasteiger partial charge in [0.25, 0.3) is 5.91 Å². The first kappa shape index (κ1) is 23.5. The van der Waals surface area contributed by atoms with Crippen molar-refractivity contribution in [3.05, 3.63) is 46.8 Å². The molecule has 1 aliphatic rings. The number of carbonyl (C=O) groups is 3. The SMILES string of the molecule is CCOC(=O)c1cc2n(n1)C[C@](C)(C(=O)NCCC(C)C)N(c1cc(C)cc(C)c1)C2=O. The van der Waals surface area contributed by atoms with Crippen LogP contribution < -0.4 is 10.2 Å². The first-order chi connectivity index (χ1) is 15.1. The van der Waals surface area contributed by atoms with Crippen molar-refractivity contribution in [1.82, 2.24) is 15.1 Å². The molecule has 2 heterocycles. The quantitative estimate of drug-likeness (QED) is 0.667. The van der Waals surface area contributed by atoms with Gasteiger partial charge in [0.15, 0.2) is 5.69 Å². The third-order valence-corrected chi connectivity index (χ3v) is 5.60. The van der Waals surface area contributed by atoms with Crippen LogP contribution in [0.2, 0.25) is 0 Å². The lowest BCUT2D eigenvalue weighted by molar-refractivity contribution is -0.126. The maximum atomic E-state index is 13.7. The molecule has 8 heteroatoms. The Hall–Kier alpha value is -3.16. The third-order valence-electron chi connectivity index (χ3n) is 5.60. The van der Waals surface area contributed by atoms with Crippen molar-refractivity contribution in [2.24, 2.45) is 5.92 Å². The normalized spacial score (nSPS) is 18.0. The number of nitrogens with one attached hydrogen (secondary N) is 1. The summed E-state index contributed by atoms with van der Waals surface area (Å²) in [6, 6.07) is 7.24. The molecule has 8 nitrogen and oxygen atoms in total. The highest BCUT2D eigenvalue weighted by atomic mass is 16.5. The Balaban J connectivity index is 2.07. The Morgan fingerprint density at radius 2 is 1.84 bits per heavy atom. The van der Waals surface area contributed by atoms with E-state index in [0.29, 0.717) is 18.2 Å². The lowest BCUT2D eigenvalue weighted by Gasteiger charge is -2.43. The number of aryl methyl sites for hydroxylation is 2. The lowest BCUT2D eigenvalue weighted by Crippen LogP contribution is -2.64. The monoisotopic (exact) mass is 440 g/mol. The van der Waals surface area contributed by atoms with Gasteiger partial charge in [-0.25, -0.2) is 4.79 Å². The minimum absolute atomic E-state index is 0.0556. The second-order valence-corrected chi connectivity index (χ2v) is 8.99. The molecule has 0 aliphatic carbocycles. The van der Waals surface area contributed by atoms with E-state index in [1.807, 2.05) is 32.0 Å². The summed E-state index contributed by atoms with van der Waals surface area (Å²) in [5, 5.41) is 7.27. The first-order valence-electron chi connectivity index (χ1n) is 11.0. The number of amides is 2. The smallest absolute Gasteiger partial charge is 0.358 e. The molecular formula is C24H32N4O4. The van der Waals surface area contributed by atoms with Crippen LogP contribution in [0.4, 0.5) is 5.69 Å². The molecule has 0 unspecified atom stereocenters. The molecule has 1 aliphatic heterocycles. The highest BCUT2D eigenvalue weighted by Crippen LogP contribution is 2.34. The molecule has 32 heavy (non-hydrogen) atoms. The number of carbonyl (C=O) groups excluding carboxylic acids is 3. The Kier molecular flexibility index (Phi) is 6.71. The van der Waals surface area contributed by atoms with E-state index in [2.05, 4.69) is 24.3 Å². The molecule has 0 bridgehead atoms. The molecule has 0 fully saturated rings. The first-order valence-corrected chi connectivity index (χ1v) is 11.0. The summed E-state index contributed by atoms with van der Waals surface area (Å²) in [7, 11) is 0. The Morgan fingerprint density at radius 1 is 1.19 bits per heavy atom. The number of hydrogen-bond donors (Lipinski definition) is 1. The van der Waals surface area contributed by atoms with Crippen LogP contribution in [0.1, 0.15) is 66.2 Å². The molecule has 1 N–H and O–H groups in total. The number of ether oxygens (including phenoxy) is 1. The predicted molar refractivity (Wildman–Crippen MR) is 122 cm³/mol. The van der Waals surface area contributed by atoms with Crippen LogP contribution in [0.3, 0.4) is 0 Å². The molecule has 2 amide bonds. The van der Waals surface area contributed by atoms with Gasteiger partial charge in [0.2, 0.25) is 5.91 Å². The fourth-order valence-electron chi connectivity index (χ4n) is 4.04. The summed E-state index contributed by atoms with van der Waals surface area (Å²) in [6.07, 6.45) is 0.833. The van der Waals surface area contributed by atoms with Gasteiger partial charge >= 0.3 is 5.97 Å². The fourth-order valence-corrected chi connectivity index (χ4v) is 4.04. The van der Waals surface area contributed by atoms with E-state index in [9.17, 15) is 14.4 Å². The Bertz CT molecular complexity index is 1020. The fraction of sp³-hybridized carbons (Fsp3) is 0.500. The van der Waals surface area contributed by atoms with Gasteiger partial charge in [-0.1, -0.05) is 19.9 Å². The van der Waals surface area contributed by atoms with Gasteiger partial charge in [0.1, 0.15) is 11.2 Å². The van der Waals surface area contributed by atoms with Crippen LogP contribution in [-0.4, -0.2) is 46.3 Å². The molecule has 2 aromatic rings. The van der Waals surface area contributed by atoms with Crippen LogP contribution in [0.25, 0.3) is 0 Å². The number of benzene rings is 1. The van der Waals surface area contributed by atoms with Crippen LogP contribution in [-0.2, 0) is 16.1 Å². The highest BCUT2D eigenvalue weighted by Gasteiger charge is 2.49. The second-order valence-electron chi connectivity index (χ2n) is 8.99. The van der Waals surface area contributed by atoms with E-state index in [1.54, 1.807) is 13.8 Å². The van der Waals surface area contributed by atoms with Crippen LogP contribution in [0.15, 0.2) is 24.3 Å². The molecule has 0 saturated carbocycles. The van der Waals surface area contributed by atoms with Gasteiger partial charge in [0, 0.05) is 18.3 Å². The van der Waals surface area contributed by atoms with Crippen molar-refractivity contribution in [1.29, 1.82) is 0 Å². The maximum Gasteiger partial charge on any atom is 0.358 e. The minimum atomic E-state index is -1.22. The summed E-state index contributed by atoms with van der Waals surface area (Å²) in [6.45, 7) is 12.4. The van der Waals surface area contributed by atoms with E-state index in [1.165, 1.54) is 15.6 Å². The number of aromatic nitrogens is 2. The van der Waals surface area contributed by atoms with E-state index in [-0.39, 0.29) is 36.4 Å². The third kappa shape index (κ3) is 4.54. The number of rotatable bonds is 7. The molecule has 0 radical (unpaired) electrons. The molecule has 1 aromatic heterocycles. The highest BCUT2D eigenvalue weighted by molar-refractivity contribution is 6.12. The summed E-state index contributed by atoms with van der Waals surface area (Å²) in [5.41, 5.74) is 1.70. The van der Waals surface area contributed by atoms with E-state index in [4.69, 9.17) is 4.74 Å². The standard InChI is InChI=1S/C24H32N4O4/c1-7-32-22(30)19-13-20-21(29)28(18-11-16(4)10-17(5)12-18)24(6,14-27(20)26-19)23(31)25-9-8-15(2)3/h10-13,15H,7-9,14H2,1-6H3,(H,25,31)/t24-/m1/s1. The van der Waals surface area contributed by atoms with Crippen molar-refractivity contribution in [2.45, 2.75) is 60.0 Å². The van der Waals surface area contributed by atoms with Gasteiger partial charge in [-0.05, 0) is 63.3 Å². The van der Waals surface area contributed by atoms with Crippen molar-refractivity contribution in [3.63, 3.8) is 0 Å². The van der Waals surface area contributed by atoms with Crippen molar-refractivity contribution >= 4 is 23.5 Å². The number of hydrogen-bond acceptors (Lipinski definition) is 5. The summed E-state index contributed by atoms with van der Waals surface area (Å²) in [5.74, 6) is -0.796. The molecule has 1 aromatic carbocycles. The summed E-state index contributed by atoms with van der Waals surface area (Å²) in [4.78, 5) is 40.8. The van der Waals surface area contributed by atoms with Crippen molar-refractivity contribution in [3.8, 4) is 0 Å². The summed E-state index contributed by atoms with van der Waals surface area (Å²) < 4.78 is 6.48. The Labute approximate surface area is 188 Å². The molecule has 0 spiro atoms. The van der Waals surface area contributed by atoms with E-state index < -0.39 is 11.5 Å². The van der Waals surface area contributed by atoms with Crippen LogP contribution in [0.5, 0.6) is 0 Å². The number of anilines is 1. The van der Waals surface area contributed by atoms with Gasteiger partial charge < -0.3 is 10.1 Å². The molecular weight excluding hydrogens is 408 g/mol.